The van der Waals surface area contributed by atoms with Gasteiger partial charge in [-0.05, 0) is 38.1 Å². The number of halogens is 1. The quantitative estimate of drug-likeness (QED) is 0.731. The fourth-order valence-corrected chi connectivity index (χ4v) is 3.83. The molecular weight excluding hydrogens is 380 g/mol. The average Bonchev–Trinajstić information content (AvgIpc) is 3.13. The monoisotopic (exact) mass is 406 g/mol. The minimum absolute atomic E-state index is 0.0192. The minimum Gasteiger partial charge on any atom is -0.506 e. The van der Waals surface area contributed by atoms with E-state index < -0.39 is 0 Å². The van der Waals surface area contributed by atoms with Crippen LogP contribution in [0.5, 0.6) is 5.75 Å². The first-order valence-electron chi connectivity index (χ1n) is 9.53. The van der Waals surface area contributed by atoms with Crippen molar-refractivity contribution in [3.05, 3.63) is 35.5 Å². The molecule has 2 amide bonds. The second kappa shape index (κ2) is 8.84. The number of hydrogen-bond donors (Lipinski definition) is 2. The zero-order valence-electron chi connectivity index (χ0n) is 16.2. The number of phenols is 1. The van der Waals surface area contributed by atoms with Gasteiger partial charge in [-0.15, -0.1) is 0 Å². The van der Waals surface area contributed by atoms with Gasteiger partial charge in [-0.3, -0.25) is 14.5 Å². The number of benzene rings is 1. The van der Waals surface area contributed by atoms with Crippen LogP contribution in [0.3, 0.4) is 0 Å². The number of likely N-dealkylation sites (tertiary alicyclic amines) is 1. The Morgan fingerprint density at radius 2 is 1.89 bits per heavy atom. The molecule has 0 unspecified atom stereocenters. The summed E-state index contributed by atoms with van der Waals surface area (Å²) < 4.78 is 0. The van der Waals surface area contributed by atoms with E-state index in [-0.39, 0.29) is 28.5 Å². The van der Waals surface area contributed by atoms with Gasteiger partial charge in [0.15, 0.2) is 0 Å². The van der Waals surface area contributed by atoms with Crippen molar-refractivity contribution < 1.29 is 14.7 Å². The van der Waals surface area contributed by atoms with Gasteiger partial charge >= 0.3 is 0 Å². The van der Waals surface area contributed by atoms with Crippen LogP contribution < -0.4 is 5.32 Å². The van der Waals surface area contributed by atoms with Gasteiger partial charge in [0.25, 0.3) is 0 Å². The lowest BCUT2D eigenvalue weighted by atomic mass is 10.1. The number of nitrogens with zero attached hydrogens (tertiary/aromatic N) is 3. The summed E-state index contributed by atoms with van der Waals surface area (Å²) in [4.78, 5) is 31.2. The maximum Gasteiger partial charge on any atom is 0.236 e. The number of anilines is 1. The average molecular weight is 407 g/mol. The lowest BCUT2D eigenvalue weighted by Gasteiger charge is -2.36. The Morgan fingerprint density at radius 1 is 1.21 bits per heavy atom. The predicted molar refractivity (Wildman–Crippen MR) is 109 cm³/mol. The number of aromatic hydroxyl groups is 1. The van der Waals surface area contributed by atoms with Gasteiger partial charge in [0.2, 0.25) is 11.8 Å². The maximum absolute atomic E-state index is 12.6. The molecule has 7 nitrogen and oxygen atoms in total. The van der Waals surface area contributed by atoms with Crippen LogP contribution >= 0.6 is 11.6 Å². The highest BCUT2D eigenvalue weighted by molar-refractivity contribution is 6.32. The summed E-state index contributed by atoms with van der Waals surface area (Å²) in [5.41, 5.74) is 1.59. The fourth-order valence-electron chi connectivity index (χ4n) is 3.65. The normalized spacial score (nSPS) is 20.3. The summed E-state index contributed by atoms with van der Waals surface area (Å²) >= 11 is 5.88. The molecule has 2 N–H and O–H groups in total. The van der Waals surface area contributed by atoms with Gasteiger partial charge in [-0.2, -0.15) is 0 Å². The second-order valence-electron chi connectivity index (χ2n) is 7.48. The van der Waals surface area contributed by atoms with E-state index in [1.54, 1.807) is 6.07 Å². The second-order valence-corrected chi connectivity index (χ2v) is 7.89. The Bertz CT molecular complexity index is 762. The van der Waals surface area contributed by atoms with E-state index in [1.165, 1.54) is 12.1 Å². The maximum atomic E-state index is 12.6. The molecule has 3 rings (SSSR count). The van der Waals surface area contributed by atoms with Crippen molar-refractivity contribution >= 4 is 29.1 Å². The summed E-state index contributed by atoms with van der Waals surface area (Å²) in [7, 11) is 0. The van der Waals surface area contributed by atoms with Gasteiger partial charge in [0.05, 0.1) is 17.5 Å². The van der Waals surface area contributed by atoms with Crippen molar-refractivity contribution in [3.8, 4) is 5.75 Å². The highest BCUT2D eigenvalue weighted by Crippen LogP contribution is 2.27. The first-order chi connectivity index (χ1) is 13.3. The Labute approximate surface area is 170 Å². The van der Waals surface area contributed by atoms with Crippen molar-refractivity contribution in [1.82, 2.24) is 14.7 Å². The zero-order chi connectivity index (χ0) is 20.3. The van der Waals surface area contributed by atoms with Gasteiger partial charge in [-0.25, -0.2) is 0 Å². The Kier molecular flexibility index (Phi) is 6.46. The number of amides is 2. The molecule has 0 saturated carbocycles. The predicted octanol–water partition coefficient (Wildman–Crippen LogP) is 1.98. The Morgan fingerprint density at radius 3 is 2.54 bits per heavy atom. The number of piperazine rings is 1. The number of carbonyl (C=O) groups excluding carboxylic acids is 2. The SMILES string of the molecule is C=C(C)N1CCN(C(=O)CN2CC[C@@H](C(=O)Nc3ccc(O)c(Cl)c3)C2)CC1. The molecule has 2 heterocycles. The molecule has 2 saturated heterocycles. The van der Waals surface area contributed by atoms with Crippen molar-refractivity contribution in [2.75, 3.05) is 51.1 Å². The molecule has 0 spiro atoms. The van der Waals surface area contributed by atoms with Crippen molar-refractivity contribution in [2.24, 2.45) is 5.92 Å². The molecule has 0 aliphatic carbocycles. The first kappa shape index (κ1) is 20.5. The largest absolute Gasteiger partial charge is 0.506 e. The molecule has 2 aliphatic heterocycles. The van der Waals surface area contributed by atoms with Crippen molar-refractivity contribution in [2.45, 2.75) is 13.3 Å². The van der Waals surface area contributed by atoms with Crippen LogP contribution in [0.4, 0.5) is 5.69 Å². The van der Waals surface area contributed by atoms with E-state index in [0.29, 0.717) is 38.3 Å². The van der Waals surface area contributed by atoms with E-state index in [9.17, 15) is 14.7 Å². The molecule has 0 radical (unpaired) electrons. The number of hydrogen-bond acceptors (Lipinski definition) is 5. The molecule has 2 aliphatic rings. The van der Waals surface area contributed by atoms with Crippen LogP contribution in [0.15, 0.2) is 30.5 Å². The summed E-state index contributed by atoms with van der Waals surface area (Å²) in [6, 6.07) is 4.58. The summed E-state index contributed by atoms with van der Waals surface area (Å²) in [6.07, 6.45) is 0.717. The third-order valence-electron chi connectivity index (χ3n) is 5.39. The lowest BCUT2D eigenvalue weighted by Crippen LogP contribution is -2.50. The van der Waals surface area contributed by atoms with E-state index in [2.05, 4.69) is 16.8 Å². The van der Waals surface area contributed by atoms with Gasteiger partial charge in [0.1, 0.15) is 5.75 Å². The lowest BCUT2D eigenvalue weighted by molar-refractivity contribution is -0.134. The van der Waals surface area contributed by atoms with E-state index >= 15 is 0 Å². The molecule has 1 aromatic rings. The molecular formula is C20H27ClN4O3. The third kappa shape index (κ3) is 4.97. The molecule has 28 heavy (non-hydrogen) atoms. The first-order valence-corrected chi connectivity index (χ1v) is 9.91. The van der Waals surface area contributed by atoms with Crippen LogP contribution in [0, 0.1) is 5.92 Å². The van der Waals surface area contributed by atoms with Crippen LogP contribution in [0.1, 0.15) is 13.3 Å². The molecule has 8 heteroatoms. The third-order valence-corrected chi connectivity index (χ3v) is 5.69. The Hall–Kier alpha value is -2.25. The molecule has 1 aromatic carbocycles. The number of phenolic OH excluding ortho intramolecular Hbond substituents is 1. The summed E-state index contributed by atoms with van der Waals surface area (Å²) in [6.45, 7) is 10.6. The number of allylic oxidation sites excluding steroid dienone is 1. The van der Waals surface area contributed by atoms with Crippen molar-refractivity contribution in [3.63, 3.8) is 0 Å². The highest BCUT2D eigenvalue weighted by atomic mass is 35.5. The smallest absolute Gasteiger partial charge is 0.236 e. The van der Waals surface area contributed by atoms with Gasteiger partial charge < -0.3 is 20.2 Å². The number of nitrogens with one attached hydrogen (secondary N) is 1. The number of rotatable bonds is 5. The van der Waals surface area contributed by atoms with Crippen LogP contribution in [-0.4, -0.2) is 77.4 Å². The molecule has 0 bridgehead atoms. The van der Waals surface area contributed by atoms with Gasteiger partial charge in [-0.1, -0.05) is 18.2 Å². The molecule has 0 aromatic heterocycles. The molecule has 1 atom stereocenters. The van der Waals surface area contributed by atoms with Crippen LogP contribution in [0.2, 0.25) is 5.02 Å². The van der Waals surface area contributed by atoms with E-state index in [0.717, 1.165) is 25.3 Å². The summed E-state index contributed by atoms with van der Waals surface area (Å²) in [5, 5.41) is 12.5. The fraction of sp³-hybridized carbons (Fsp3) is 0.500. The van der Waals surface area contributed by atoms with Crippen LogP contribution in [0.25, 0.3) is 0 Å². The zero-order valence-corrected chi connectivity index (χ0v) is 16.9. The van der Waals surface area contributed by atoms with E-state index in [4.69, 9.17) is 11.6 Å². The highest BCUT2D eigenvalue weighted by Gasteiger charge is 2.31. The standard InChI is InChI=1S/C20H27ClN4O3/c1-14(2)24-7-9-25(10-8-24)19(27)13-23-6-5-15(12-23)20(28)22-16-3-4-18(26)17(21)11-16/h3-4,11,15,26H,1,5-10,12-13H2,2H3,(H,22,28)/t15-/m1/s1. The molecule has 2 fully saturated rings. The molecule has 152 valence electrons. The van der Waals surface area contributed by atoms with Crippen molar-refractivity contribution in [1.29, 1.82) is 0 Å². The minimum atomic E-state index is -0.166. The summed E-state index contributed by atoms with van der Waals surface area (Å²) in [5.74, 6) is -0.158. The Balaban J connectivity index is 1.45. The van der Waals surface area contributed by atoms with Gasteiger partial charge in [0, 0.05) is 44.1 Å². The number of carbonyl (C=O) groups is 2. The topological polar surface area (TPSA) is 76.1 Å². The van der Waals surface area contributed by atoms with E-state index in [1.807, 2.05) is 16.7 Å². The van der Waals surface area contributed by atoms with Crippen LogP contribution in [-0.2, 0) is 9.59 Å².